The first kappa shape index (κ1) is 11.1. The second-order valence-electron chi connectivity index (χ2n) is 4.45. The van der Waals surface area contributed by atoms with Gasteiger partial charge >= 0.3 is 0 Å². The van der Waals surface area contributed by atoms with Crippen molar-refractivity contribution in [2.75, 3.05) is 5.43 Å². The highest BCUT2D eigenvalue weighted by Crippen LogP contribution is 2.22. The Morgan fingerprint density at radius 3 is 2.25 bits per heavy atom. The fourth-order valence-electron chi connectivity index (χ4n) is 2.23. The van der Waals surface area contributed by atoms with E-state index < -0.39 is 0 Å². The van der Waals surface area contributed by atoms with E-state index in [0.717, 1.165) is 12.8 Å². The largest absolute Gasteiger partial charge is 0.277 e. The van der Waals surface area contributed by atoms with Crippen LogP contribution in [0.2, 0.25) is 0 Å². The second kappa shape index (κ2) is 5.64. The fourth-order valence-corrected chi connectivity index (χ4v) is 2.23. The Morgan fingerprint density at radius 2 is 1.62 bits per heavy atom. The van der Waals surface area contributed by atoms with Crippen LogP contribution >= 0.6 is 0 Å². The van der Waals surface area contributed by atoms with Gasteiger partial charge in [-0.3, -0.25) is 4.79 Å². The highest BCUT2D eigenvalue weighted by Gasteiger charge is 2.22. The maximum atomic E-state index is 12.0. The molecule has 0 aromatic carbocycles. The molecule has 1 aliphatic carbocycles. The number of pyridine rings is 1. The number of hydrogen-bond acceptors (Lipinski definition) is 1. The first-order valence-electron chi connectivity index (χ1n) is 6.13. The average Bonchev–Trinajstić information content (AvgIpc) is 2.59. The lowest BCUT2D eigenvalue weighted by atomic mass is 10.00. The smallest absolute Gasteiger partial charge is 0.269 e. The number of nitrogens with one attached hydrogen (secondary N) is 1. The van der Waals surface area contributed by atoms with Crippen molar-refractivity contribution in [3.8, 4) is 0 Å². The number of nitrogens with zero attached hydrogens (tertiary/aromatic N) is 1. The molecule has 1 aromatic rings. The molecular weight excluding hydrogens is 200 g/mol. The fraction of sp³-hybridized carbons (Fsp3) is 0.538. The van der Waals surface area contributed by atoms with Crippen molar-refractivity contribution in [3.05, 3.63) is 30.6 Å². The highest BCUT2D eigenvalue weighted by molar-refractivity contribution is 5.84. The quantitative estimate of drug-likeness (QED) is 0.599. The van der Waals surface area contributed by atoms with Gasteiger partial charge in [0.25, 0.3) is 5.91 Å². The molecule has 0 aliphatic heterocycles. The molecule has 1 aliphatic rings. The van der Waals surface area contributed by atoms with Crippen LogP contribution in [0, 0.1) is 5.92 Å². The lowest BCUT2D eigenvalue weighted by Crippen LogP contribution is -2.49. The Balaban J connectivity index is 1.92. The Labute approximate surface area is 96.5 Å². The van der Waals surface area contributed by atoms with Crippen molar-refractivity contribution in [2.45, 2.75) is 38.5 Å². The molecular formula is C13H19N2O+. The van der Waals surface area contributed by atoms with Crippen molar-refractivity contribution >= 4 is 5.91 Å². The van der Waals surface area contributed by atoms with E-state index in [0.29, 0.717) is 0 Å². The maximum absolute atomic E-state index is 12.0. The zero-order valence-corrected chi connectivity index (χ0v) is 9.56. The van der Waals surface area contributed by atoms with Crippen molar-refractivity contribution in [1.82, 2.24) is 0 Å². The monoisotopic (exact) mass is 219 g/mol. The topological polar surface area (TPSA) is 33.0 Å². The van der Waals surface area contributed by atoms with Crippen molar-refractivity contribution in [2.24, 2.45) is 5.92 Å². The lowest BCUT2D eigenvalue weighted by Gasteiger charge is -2.10. The highest BCUT2D eigenvalue weighted by atomic mass is 16.2. The molecule has 1 aromatic heterocycles. The first-order chi connectivity index (χ1) is 7.86. The first-order valence-corrected chi connectivity index (χ1v) is 6.13. The minimum Gasteiger partial charge on any atom is -0.269 e. The van der Waals surface area contributed by atoms with Crippen LogP contribution in [0.1, 0.15) is 38.5 Å². The number of carbonyl (C=O) groups excluding carboxylic acids is 1. The van der Waals surface area contributed by atoms with Gasteiger partial charge < -0.3 is 0 Å². The molecule has 0 spiro atoms. The molecule has 3 nitrogen and oxygen atoms in total. The molecule has 16 heavy (non-hydrogen) atoms. The minimum absolute atomic E-state index is 0.165. The number of aromatic nitrogens is 1. The van der Waals surface area contributed by atoms with E-state index in [1.165, 1.54) is 25.7 Å². The van der Waals surface area contributed by atoms with E-state index in [9.17, 15) is 4.79 Å². The second-order valence-corrected chi connectivity index (χ2v) is 4.45. The van der Waals surface area contributed by atoms with E-state index in [4.69, 9.17) is 0 Å². The molecule has 1 fully saturated rings. The molecule has 3 heteroatoms. The summed E-state index contributed by atoms with van der Waals surface area (Å²) >= 11 is 0. The molecule has 86 valence electrons. The van der Waals surface area contributed by atoms with Gasteiger partial charge in [-0.25, -0.2) is 0 Å². The van der Waals surface area contributed by atoms with Crippen LogP contribution in [0.15, 0.2) is 30.6 Å². The Kier molecular flexibility index (Phi) is 3.91. The van der Waals surface area contributed by atoms with Crippen molar-refractivity contribution in [3.63, 3.8) is 0 Å². The number of rotatable bonds is 2. The zero-order chi connectivity index (χ0) is 11.2. The van der Waals surface area contributed by atoms with Gasteiger partial charge in [0, 0.05) is 18.1 Å². The molecule has 0 unspecified atom stereocenters. The predicted octanol–water partition coefficient (Wildman–Crippen LogP) is 2.01. The SMILES string of the molecule is O=C(N[n+]1ccccc1)C1CCCCCC1. The van der Waals surface area contributed by atoms with Crippen LogP contribution in [0.4, 0.5) is 0 Å². The summed E-state index contributed by atoms with van der Waals surface area (Å²) in [7, 11) is 0. The van der Waals surface area contributed by atoms with E-state index in [2.05, 4.69) is 5.43 Å². The normalized spacial score (nSPS) is 17.8. The van der Waals surface area contributed by atoms with Gasteiger partial charge in [-0.1, -0.05) is 36.4 Å². The summed E-state index contributed by atoms with van der Waals surface area (Å²) in [5, 5.41) is 0. The van der Waals surface area contributed by atoms with Gasteiger partial charge in [0.15, 0.2) is 12.4 Å². The van der Waals surface area contributed by atoms with E-state index in [1.807, 2.05) is 30.6 Å². The van der Waals surface area contributed by atoms with Gasteiger partial charge in [0.2, 0.25) is 0 Å². The van der Waals surface area contributed by atoms with Crippen LogP contribution < -0.4 is 10.1 Å². The van der Waals surface area contributed by atoms with Gasteiger partial charge in [0.1, 0.15) is 0 Å². The van der Waals surface area contributed by atoms with Crippen molar-refractivity contribution < 1.29 is 9.47 Å². The molecule has 0 radical (unpaired) electrons. The third-order valence-electron chi connectivity index (χ3n) is 3.18. The molecule has 1 saturated carbocycles. The average molecular weight is 219 g/mol. The van der Waals surface area contributed by atoms with E-state index in [-0.39, 0.29) is 11.8 Å². The summed E-state index contributed by atoms with van der Waals surface area (Å²) in [4.78, 5) is 12.0. The van der Waals surface area contributed by atoms with Crippen molar-refractivity contribution in [1.29, 1.82) is 0 Å². The molecule has 0 bridgehead atoms. The Hall–Kier alpha value is -1.38. The maximum Gasteiger partial charge on any atom is 0.277 e. The summed E-state index contributed by atoms with van der Waals surface area (Å²) in [6.45, 7) is 0. The third-order valence-corrected chi connectivity index (χ3v) is 3.18. The van der Waals surface area contributed by atoms with E-state index in [1.54, 1.807) is 4.68 Å². The summed E-state index contributed by atoms with van der Waals surface area (Å²) in [6.07, 6.45) is 10.7. The molecule has 0 saturated heterocycles. The molecule has 1 amide bonds. The van der Waals surface area contributed by atoms with E-state index >= 15 is 0 Å². The molecule has 1 N–H and O–H groups in total. The minimum atomic E-state index is 0.165. The van der Waals surface area contributed by atoms with Crippen LogP contribution in [0.5, 0.6) is 0 Å². The Bertz CT molecular complexity index is 329. The molecule has 1 heterocycles. The summed E-state index contributed by atoms with van der Waals surface area (Å²) in [5.41, 5.74) is 2.92. The third kappa shape index (κ3) is 3.05. The lowest BCUT2D eigenvalue weighted by molar-refractivity contribution is -0.642. The van der Waals surface area contributed by atoms with Gasteiger partial charge in [0.05, 0.1) is 0 Å². The molecule has 0 atom stereocenters. The van der Waals surface area contributed by atoms with Crippen LogP contribution in [0.3, 0.4) is 0 Å². The van der Waals surface area contributed by atoms with Gasteiger partial charge in [-0.2, -0.15) is 0 Å². The van der Waals surface area contributed by atoms with Crippen LogP contribution in [-0.2, 0) is 4.79 Å². The summed E-state index contributed by atoms with van der Waals surface area (Å²) in [5.74, 6) is 0.369. The number of hydrogen-bond donors (Lipinski definition) is 1. The molecule has 2 rings (SSSR count). The predicted molar refractivity (Wildman–Crippen MR) is 62.2 cm³/mol. The van der Waals surface area contributed by atoms with Crippen LogP contribution in [0.25, 0.3) is 0 Å². The zero-order valence-electron chi connectivity index (χ0n) is 9.56. The standard InChI is InChI=1S/C13H18N2O/c16-13(12-8-4-1-2-5-9-12)14-15-10-6-3-7-11-15/h3,6-7,10-12H,1-2,4-5,8-9H2/p+1. The summed E-state index contributed by atoms with van der Waals surface area (Å²) < 4.78 is 1.73. The number of amides is 1. The van der Waals surface area contributed by atoms with Gasteiger partial charge in [-0.15, -0.1) is 5.43 Å². The van der Waals surface area contributed by atoms with Gasteiger partial charge in [-0.05, 0) is 12.8 Å². The number of carbonyl (C=O) groups is 1. The summed E-state index contributed by atoms with van der Waals surface area (Å²) in [6, 6.07) is 5.76. The van der Waals surface area contributed by atoms with Crippen LogP contribution in [-0.4, -0.2) is 5.91 Å². The Morgan fingerprint density at radius 1 is 1.00 bits per heavy atom.